The van der Waals surface area contributed by atoms with Crippen molar-refractivity contribution in [2.24, 2.45) is 0 Å². The summed E-state index contributed by atoms with van der Waals surface area (Å²) in [6, 6.07) is 14.5. The molecular formula is C13H9Cl2NOS. The highest BCUT2D eigenvalue weighted by atomic mass is 35.5. The highest BCUT2D eigenvalue weighted by Gasteiger charge is 2.05. The molecule has 2 nitrogen and oxygen atoms in total. The molecule has 0 unspecified atom stereocenters. The Bertz CT molecular complexity index is 560. The largest absolute Gasteiger partial charge is 0.430 e. The number of rotatable bonds is 2. The van der Waals surface area contributed by atoms with Crippen LogP contribution in [0.15, 0.2) is 48.5 Å². The maximum Gasteiger partial charge on any atom is 0.266 e. The minimum absolute atomic E-state index is 0.227. The van der Waals surface area contributed by atoms with Crippen LogP contribution >= 0.6 is 35.4 Å². The van der Waals surface area contributed by atoms with Gasteiger partial charge in [-0.2, -0.15) is 0 Å². The van der Waals surface area contributed by atoms with E-state index in [0.29, 0.717) is 15.8 Å². The molecule has 0 saturated carbocycles. The molecule has 2 aromatic rings. The number of halogens is 2. The van der Waals surface area contributed by atoms with Gasteiger partial charge in [0.1, 0.15) is 5.75 Å². The minimum atomic E-state index is 0.227. The lowest BCUT2D eigenvalue weighted by Gasteiger charge is -2.10. The average molecular weight is 298 g/mol. The molecule has 0 amide bonds. The third kappa shape index (κ3) is 3.60. The van der Waals surface area contributed by atoms with Gasteiger partial charge < -0.3 is 10.1 Å². The maximum atomic E-state index is 5.98. The first-order chi connectivity index (χ1) is 8.65. The summed E-state index contributed by atoms with van der Waals surface area (Å²) in [5.74, 6) is 0.467. The van der Waals surface area contributed by atoms with Crippen LogP contribution in [-0.2, 0) is 0 Å². The van der Waals surface area contributed by atoms with Gasteiger partial charge in [0, 0.05) is 10.7 Å². The highest BCUT2D eigenvalue weighted by molar-refractivity contribution is 7.80. The Morgan fingerprint density at radius 2 is 1.78 bits per heavy atom. The van der Waals surface area contributed by atoms with E-state index in [-0.39, 0.29) is 5.17 Å². The van der Waals surface area contributed by atoms with Gasteiger partial charge in [-0.1, -0.05) is 41.4 Å². The van der Waals surface area contributed by atoms with E-state index < -0.39 is 0 Å². The lowest BCUT2D eigenvalue weighted by molar-refractivity contribution is 0.564. The lowest BCUT2D eigenvalue weighted by Crippen LogP contribution is -2.16. The van der Waals surface area contributed by atoms with E-state index in [1.165, 1.54) is 0 Å². The van der Waals surface area contributed by atoms with Crippen LogP contribution < -0.4 is 10.1 Å². The number of benzene rings is 2. The molecule has 0 aliphatic rings. The van der Waals surface area contributed by atoms with Crippen molar-refractivity contribution in [1.29, 1.82) is 0 Å². The summed E-state index contributed by atoms with van der Waals surface area (Å²) in [5.41, 5.74) is 0.854. The quantitative estimate of drug-likeness (QED) is 0.807. The molecule has 1 N–H and O–H groups in total. The molecule has 0 aromatic heterocycles. The maximum absolute atomic E-state index is 5.98. The van der Waals surface area contributed by atoms with E-state index in [2.05, 4.69) is 5.32 Å². The Kier molecular flexibility index (Phi) is 4.42. The van der Waals surface area contributed by atoms with Crippen LogP contribution in [0.4, 0.5) is 5.69 Å². The number of nitrogens with one attached hydrogen (secondary N) is 1. The first-order valence-corrected chi connectivity index (χ1v) is 6.30. The van der Waals surface area contributed by atoms with Crippen LogP contribution in [0.1, 0.15) is 0 Å². The number of hydrogen-bond acceptors (Lipinski definition) is 2. The molecular weight excluding hydrogens is 289 g/mol. The zero-order valence-electron chi connectivity index (χ0n) is 9.19. The molecule has 0 bridgehead atoms. The fourth-order valence-electron chi connectivity index (χ4n) is 1.32. The second-order valence-electron chi connectivity index (χ2n) is 3.46. The van der Waals surface area contributed by atoms with Crippen LogP contribution in [0.5, 0.6) is 5.75 Å². The molecule has 0 saturated heterocycles. The summed E-state index contributed by atoms with van der Waals surface area (Å²) in [7, 11) is 0. The van der Waals surface area contributed by atoms with Crippen LogP contribution in [0, 0.1) is 0 Å². The van der Waals surface area contributed by atoms with Crippen molar-refractivity contribution in [3.05, 3.63) is 58.6 Å². The van der Waals surface area contributed by atoms with Crippen molar-refractivity contribution in [3.63, 3.8) is 0 Å². The molecule has 0 spiro atoms. The van der Waals surface area contributed by atoms with Crippen molar-refractivity contribution in [2.45, 2.75) is 0 Å². The van der Waals surface area contributed by atoms with Crippen LogP contribution in [0.3, 0.4) is 0 Å². The molecule has 0 atom stereocenters. The van der Waals surface area contributed by atoms with E-state index in [9.17, 15) is 0 Å². The molecule has 0 fully saturated rings. The number of anilines is 1. The number of thiocarbonyl (C=S) groups is 1. The van der Waals surface area contributed by atoms with Crippen molar-refractivity contribution in [3.8, 4) is 5.75 Å². The van der Waals surface area contributed by atoms with Crippen LogP contribution in [-0.4, -0.2) is 5.17 Å². The summed E-state index contributed by atoms with van der Waals surface area (Å²) in [5, 5.41) is 4.14. The van der Waals surface area contributed by atoms with E-state index in [0.717, 1.165) is 5.69 Å². The van der Waals surface area contributed by atoms with Gasteiger partial charge in [0.25, 0.3) is 5.17 Å². The van der Waals surface area contributed by atoms with Gasteiger partial charge in [0.15, 0.2) is 0 Å². The van der Waals surface area contributed by atoms with Gasteiger partial charge in [-0.05, 0) is 42.5 Å². The average Bonchev–Trinajstić information content (AvgIpc) is 2.34. The van der Waals surface area contributed by atoms with E-state index in [1.807, 2.05) is 30.3 Å². The van der Waals surface area contributed by atoms with Crippen molar-refractivity contribution >= 4 is 46.3 Å². The lowest BCUT2D eigenvalue weighted by atomic mass is 10.3. The van der Waals surface area contributed by atoms with Crippen LogP contribution in [0.25, 0.3) is 0 Å². The summed E-state index contributed by atoms with van der Waals surface area (Å²) >= 11 is 16.9. The van der Waals surface area contributed by atoms with Crippen molar-refractivity contribution in [1.82, 2.24) is 0 Å². The third-order valence-electron chi connectivity index (χ3n) is 2.12. The van der Waals surface area contributed by atoms with Gasteiger partial charge >= 0.3 is 0 Å². The van der Waals surface area contributed by atoms with Gasteiger partial charge in [-0.25, -0.2) is 0 Å². The second-order valence-corrected chi connectivity index (χ2v) is 4.67. The molecule has 92 valence electrons. The van der Waals surface area contributed by atoms with E-state index in [4.69, 9.17) is 40.2 Å². The first-order valence-electron chi connectivity index (χ1n) is 5.14. The molecule has 2 rings (SSSR count). The Morgan fingerprint density at radius 1 is 1.06 bits per heavy atom. The summed E-state index contributed by atoms with van der Waals surface area (Å²) in [4.78, 5) is 0. The van der Waals surface area contributed by atoms with E-state index in [1.54, 1.807) is 18.2 Å². The minimum Gasteiger partial charge on any atom is -0.430 e. The normalized spacial score (nSPS) is 9.89. The molecule has 0 radical (unpaired) electrons. The van der Waals surface area contributed by atoms with Gasteiger partial charge in [0.05, 0.1) is 5.02 Å². The smallest absolute Gasteiger partial charge is 0.266 e. The summed E-state index contributed by atoms with van der Waals surface area (Å²) in [6.45, 7) is 0. The zero-order valence-corrected chi connectivity index (χ0v) is 11.5. The van der Waals surface area contributed by atoms with E-state index >= 15 is 0 Å². The Labute approximate surface area is 120 Å². The molecule has 0 aliphatic heterocycles. The molecule has 2 aromatic carbocycles. The van der Waals surface area contributed by atoms with Gasteiger partial charge in [-0.15, -0.1) is 0 Å². The molecule has 18 heavy (non-hydrogen) atoms. The number of ether oxygens (including phenoxy) is 1. The fourth-order valence-corrected chi connectivity index (χ4v) is 1.98. The Morgan fingerprint density at radius 3 is 2.44 bits per heavy atom. The first kappa shape index (κ1) is 13.1. The monoisotopic (exact) mass is 297 g/mol. The molecule has 5 heteroatoms. The Balaban J connectivity index is 2.03. The SMILES string of the molecule is S=C(Nc1ccccc1)Oc1ccc(Cl)cc1Cl. The van der Waals surface area contributed by atoms with Gasteiger partial charge in [-0.3, -0.25) is 0 Å². The van der Waals surface area contributed by atoms with Crippen molar-refractivity contribution < 1.29 is 4.74 Å². The van der Waals surface area contributed by atoms with Crippen molar-refractivity contribution in [2.75, 3.05) is 5.32 Å². The fraction of sp³-hybridized carbons (Fsp3) is 0. The van der Waals surface area contributed by atoms with Crippen LogP contribution in [0.2, 0.25) is 10.0 Å². The third-order valence-corrected chi connectivity index (χ3v) is 2.83. The van der Waals surface area contributed by atoms with Gasteiger partial charge in [0.2, 0.25) is 0 Å². The number of hydrogen-bond donors (Lipinski definition) is 1. The zero-order chi connectivity index (χ0) is 13.0. The molecule has 0 aliphatic carbocycles. The topological polar surface area (TPSA) is 21.3 Å². The summed E-state index contributed by atoms with van der Waals surface area (Å²) in [6.07, 6.45) is 0. The predicted octanol–water partition coefficient (Wildman–Crippen LogP) is 4.77. The second kappa shape index (κ2) is 6.05. The Hall–Kier alpha value is -1.29. The predicted molar refractivity (Wildman–Crippen MR) is 79.8 cm³/mol. The highest BCUT2D eigenvalue weighted by Crippen LogP contribution is 2.27. The molecule has 0 heterocycles. The number of para-hydroxylation sites is 1. The summed E-state index contributed by atoms with van der Waals surface area (Å²) < 4.78 is 5.43. The standard InChI is InChI=1S/C13H9Cl2NOS/c14-9-6-7-12(11(15)8-9)17-13(18)16-10-4-2-1-3-5-10/h1-8H,(H,16,18).